The van der Waals surface area contributed by atoms with Gasteiger partial charge in [0, 0.05) is 31.2 Å². The Labute approximate surface area is 176 Å². The summed E-state index contributed by atoms with van der Waals surface area (Å²) in [5.41, 5.74) is 1.23. The molecule has 2 aliphatic rings. The summed E-state index contributed by atoms with van der Waals surface area (Å²) in [6.45, 7) is 4.46. The molecule has 0 aliphatic carbocycles. The monoisotopic (exact) mass is 430 g/mol. The van der Waals surface area contributed by atoms with E-state index in [9.17, 15) is 13.2 Å². The highest BCUT2D eigenvalue weighted by atomic mass is 32.2. The number of hydrogen-bond acceptors (Lipinski definition) is 7. The molecule has 9 nitrogen and oxygen atoms in total. The number of aromatic nitrogens is 2. The van der Waals surface area contributed by atoms with Crippen molar-refractivity contribution in [1.82, 2.24) is 20.4 Å². The lowest BCUT2D eigenvalue weighted by Crippen LogP contribution is -2.48. The standard InChI is InChI=1S/C20H26N6O3S/c1-20(2,30(28,29)18-4-3-16(5-9-21)22-14-18)15-7-11-26(12-8-15)19(27)25-17-6-10-23-24-13-17/h3-6,9-10,13-15,21-22H,7-8,11-12H2,1-2H3,(H,23,25,27)/b16-5-,21-9?. The third-order valence-corrected chi connectivity index (χ3v) is 8.27. The molecule has 0 unspecified atom stereocenters. The van der Waals surface area contributed by atoms with Crippen LogP contribution in [-0.2, 0) is 9.84 Å². The summed E-state index contributed by atoms with van der Waals surface area (Å²) in [6.07, 6.45) is 11.5. The van der Waals surface area contributed by atoms with E-state index in [1.807, 2.05) is 0 Å². The number of allylic oxidation sites excluding steroid dienone is 3. The van der Waals surface area contributed by atoms with Crippen molar-refractivity contribution in [3.8, 4) is 0 Å². The Morgan fingerprint density at radius 2 is 2.03 bits per heavy atom. The quantitative estimate of drug-likeness (QED) is 0.616. The molecule has 0 bridgehead atoms. The first-order chi connectivity index (χ1) is 14.3. The molecule has 1 fully saturated rings. The maximum Gasteiger partial charge on any atom is 0.321 e. The molecule has 0 spiro atoms. The van der Waals surface area contributed by atoms with Gasteiger partial charge in [-0.05, 0) is 56.9 Å². The summed E-state index contributed by atoms with van der Waals surface area (Å²) in [5.74, 6) is -0.0815. The van der Waals surface area contributed by atoms with Gasteiger partial charge in [-0.1, -0.05) is 0 Å². The van der Waals surface area contributed by atoms with Gasteiger partial charge in [0.25, 0.3) is 0 Å². The topological polar surface area (TPSA) is 128 Å². The number of amides is 2. The van der Waals surface area contributed by atoms with Crippen molar-refractivity contribution in [2.75, 3.05) is 18.4 Å². The van der Waals surface area contributed by atoms with Crippen LogP contribution in [0.3, 0.4) is 0 Å². The minimum atomic E-state index is -3.59. The minimum absolute atomic E-state index is 0.0815. The van der Waals surface area contributed by atoms with Gasteiger partial charge in [-0.15, -0.1) is 0 Å². The van der Waals surface area contributed by atoms with E-state index < -0.39 is 14.6 Å². The second-order valence-corrected chi connectivity index (χ2v) is 10.3. The number of nitrogens with zero attached hydrogens (tertiary/aromatic N) is 3. The van der Waals surface area contributed by atoms with Crippen LogP contribution in [-0.4, -0.2) is 53.6 Å². The Balaban J connectivity index is 1.64. The Morgan fingerprint density at radius 3 is 2.60 bits per heavy atom. The van der Waals surface area contributed by atoms with Crippen molar-refractivity contribution in [2.24, 2.45) is 5.92 Å². The number of likely N-dealkylation sites (tertiary alicyclic amines) is 1. The molecule has 1 aromatic heterocycles. The fourth-order valence-corrected chi connectivity index (χ4v) is 5.39. The van der Waals surface area contributed by atoms with E-state index in [1.54, 1.807) is 43.0 Å². The van der Waals surface area contributed by atoms with Crippen LogP contribution in [0.15, 0.2) is 53.5 Å². The van der Waals surface area contributed by atoms with E-state index >= 15 is 0 Å². The molecule has 30 heavy (non-hydrogen) atoms. The van der Waals surface area contributed by atoms with Gasteiger partial charge in [-0.3, -0.25) is 0 Å². The first kappa shape index (κ1) is 21.7. The average molecular weight is 431 g/mol. The molecular weight excluding hydrogens is 404 g/mol. The Morgan fingerprint density at radius 1 is 1.30 bits per heavy atom. The fraction of sp³-hybridized carbons (Fsp3) is 0.400. The molecular formula is C20H26N6O3S. The van der Waals surface area contributed by atoms with Crippen LogP contribution < -0.4 is 10.6 Å². The SMILES string of the molecule is CC(C)(C1CCN(C(=O)Nc2ccnnc2)CC1)S(=O)(=O)C1=CN/C(=C\C=N)C=C1. The lowest BCUT2D eigenvalue weighted by molar-refractivity contribution is 0.171. The average Bonchev–Trinajstić information content (AvgIpc) is 2.75. The smallest absolute Gasteiger partial charge is 0.321 e. The van der Waals surface area contributed by atoms with Crippen molar-refractivity contribution in [2.45, 2.75) is 31.4 Å². The summed E-state index contributed by atoms with van der Waals surface area (Å²) < 4.78 is 25.6. The minimum Gasteiger partial charge on any atom is -0.360 e. The molecule has 1 aromatic rings. The fourth-order valence-electron chi connectivity index (χ4n) is 3.65. The third-order valence-electron chi connectivity index (χ3n) is 5.67. The molecule has 0 aromatic carbocycles. The number of carbonyl (C=O) groups excluding carboxylic acids is 1. The number of hydrogen-bond donors (Lipinski definition) is 3. The lowest BCUT2D eigenvalue weighted by Gasteiger charge is -2.40. The van der Waals surface area contributed by atoms with Crippen LogP contribution in [0.2, 0.25) is 0 Å². The molecule has 3 N–H and O–H groups in total. The van der Waals surface area contributed by atoms with Crippen molar-refractivity contribution in [1.29, 1.82) is 5.41 Å². The summed E-state index contributed by atoms with van der Waals surface area (Å²) in [7, 11) is -3.59. The van der Waals surface area contributed by atoms with Crippen LogP contribution >= 0.6 is 0 Å². The van der Waals surface area contributed by atoms with Crippen LogP contribution in [0.25, 0.3) is 0 Å². The first-order valence-electron chi connectivity index (χ1n) is 9.68. The van der Waals surface area contributed by atoms with Gasteiger partial charge in [0.05, 0.1) is 27.7 Å². The van der Waals surface area contributed by atoms with E-state index in [2.05, 4.69) is 20.8 Å². The molecule has 2 aliphatic heterocycles. The zero-order valence-corrected chi connectivity index (χ0v) is 17.8. The molecule has 3 heterocycles. The molecule has 0 atom stereocenters. The van der Waals surface area contributed by atoms with Crippen molar-refractivity contribution < 1.29 is 13.2 Å². The zero-order chi connectivity index (χ0) is 21.8. The van der Waals surface area contributed by atoms with Gasteiger partial charge in [0.2, 0.25) is 0 Å². The number of rotatable bonds is 5. The lowest BCUT2D eigenvalue weighted by atomic mass is 9.86. The molecule has 2 amide bonds. The van der Waals surface area contributed by atoms with Crippen molar-refractivity contribution in [3.05, 3.63) is 53.5 Å². The number of dihydropyridines is 1. The van der Waals surface area contributed by atoms with E-state index in [0.717, 1.165) is 6.21 Å². The molecule has 3 rings (SSSR count). The Kier molecular flexibility index (Phi) is 6.35. The van der Waals surface area contributed by atoms with Crippen LogP contribution in [0.4, 0.5) is 10.5 Å². The molecule has 0 saturated carbocycles. The van der Waals surface area contributed by atoms with E-state index in [1.165, 1.54) is 18.6 Å². The highest BCUT2D eigenvalue weighted by molar-refractivity contribution is 7.96. The molecule has 0 radical (unpaired) electrons. The second-order valence-electron chi connectivity index (χ2n) is 7.74. The maximum atomic E-state index is 13.3. The van der Waals surface area contributed by atoms with Gasteiger partial charge in [-0.2, -0.15) is 10.2 Å². The van der Waals surface area contributed by atoms with Crippen molar-refractivity contribution >= 4 is 27.8 Å². The number of anilines is 1. The Hall–Kier alpha value is -3.01. The number of carbonyl (C=O) groups is 1. The van der Waals surface area contributed by atoms with E-state index in [4.69, 9.17) is 5.41 Å². The predicted molar refractivity (Wildman–Crippen MR) is 116 cm³/mol. The van der Waals surface area contributed by atoms with Crippen LogP contribution in [0.5, 0.6) is 0 Å². The molecule has 10 heteroatoms. The van der Waals surface area contributed by atoms with Gasteiger partial charge in [0.15, 0.2) is 9.84 Å². The summed E-state index contributed by atoms with van der Waals surface area (Å²) in [4.78, 5) is 14.4. The maximum absolute atomic E-state index is 13.3. The summed E-state index contributed by atoms with van der Waals surface area (Å²) >= 11 is 0. The highest BCUT2D eigenvalue weighted by Gasteiger charge is 2.44. The third kappa shape index (κ3) is 4.43. The van der Waals surface area contributed by atoms with Gasteiger partial charge >= 0.3 is 6.03 Å². The molecule has 1 saturated heterocycles. The van der Waals surface area contributed by atoms with E-state index in [-0.39, 0.29) is 16.9 Å². The van der Waals surface area contributed by atoms with Crippen LogP contribution in [0.1, 0.15) is 26.7 Å². The second kappa shape index (κ2) is 8.78. The first-order valence-corrected chi connectivity index (χ1v) is 11.2. The van der Waals surface area contributed by atoms with Crippen molar-refractivity contribution in [3.63, 3.8) is 0 Å². The summed E-state index contributed by atoms with van der Waals surface area (Å²) in [5, 5.41) is 20.2. The van der Waals surface area contributed by atoms with Gasteiger partial charge in [-0.25, -0.2) is 13.2 Å². The normalized spacial score (nSPS) is 19.2. The predicted octanol–water partition coefficient (Wildman–Crippen LogP) is 2.45. The Bertz CT molecular complexity index is 991. The largest absolute Gasteiger partial charge is 0.360 e. The van der Waals surface area contributed by atoms with Crippen LogP contribution in [0, 0.1) is 11.3 Å². The van der Waals surface area contributed by atoms with Gasteiger partial charge < -0.3 is 20.9 Å². The number of sulfone groups is 1. The zero-order valence-electron chi connectivity index (χ0n) is 17.0. The van der Waals surface area contributed by atoms with Gasteiger partial charge in [0.1, 0.15) is 0 Å². The molecule has 160 valence electrons. The number of urea groups is 1. The number of nitrogens with one attached hydrogen (secondary N) is 3. The number of piperidine rings is 1. The van der Waals surface area contributed by atoms with E-state index in [0.29, 0.717) is 37.3 Å². The summed E-state index contributed by atoms with van der Waals surface area (Å²) in [6, 6.07) is 1.44. The highest BCUT2D eigenvalue weighted by Crippen LogP contribution is 2.38.